The maximum Gasteiger partial charge on any atom is 0.316 e. The van der Waals surface area contributed by atoms with E-state index in [1.54, 1.807) is 56.3 Å². The first kappa shape index (κ1) is 15.0. The molecule has 0 aliphatic carbocycles. The van der Waals surface area contributed by atoms with Crippen molar-refractivity contribution in [1.29, 1.82) is 0 Å². The third kappa shape index (κ3) is 3.40. The largest absolute Gasteiger partial charge is 0.460 e. The summed E-state index contributed by atoms with van der Waals surface area (Å²) in [6.07, 6.45) is 0. The number of carbonyl (C=O) groups excluding carboxylic acids is 1. The number of nitrogens with two attached hydrogens (primary N) is 1. The average Bonchev–Trinajstić information content (AvgIpc) is 2.46. The van der Waals surface area contributed by atoms with Crippen LogP contribution in [0.2, 0.25) is 0 Å². The molecular formula is C17H18FNO2. The Morgan fingerprint density at radius 3 is 2.38 bits per heavy atom. The van der Waals surface area contributed by atoms with E-state index in [9.17, 15) is 9.18 Å². The highest BCUT2D eigenvalue weighted by Gasteiger charge is 2.31. The molecule has 0 aliphatic heterocycles. The number of rotatable bonds is 4. The number of benzene rings is 2. The van der Waals surface area contributed by atoms with E-state index in [2.05, 4.69) is 0 Å². The van der Waals surface area contributed by atoms with Crippen molar-refractivity contribution in [3.63, 3.8) is 0 Å². The molecule has 0 heterocycles. The van der Waals surface area contributed by atoms with Crippen LogP contribution in [0.15, 0.2) is 48.5 Å². The van der Waals surface area contributed by atoms with Crippen molar-refractivity contribution in [2.75, 3.05) is 5.73 Å². The van der Waals surface area contributed by atoms with Crippen LogP contribution in [0.25, 0.3) is 0 Å². The Hall–Kier alpha value is -2.36. The van der Waals surface area contributed by atoms with Crippen molar-refractivity contribution in [2.24, 2.45) is 0 Å². The normalized spacial score (nSPS) is 11.2. The zero-order valence-electron chi connectivity index (χ0n) is 12.1. The van der Waals surface area contributed by atoms with E-state index in [0.29, 0.717) is 11.3 Å². The Kier molecular flexibility index (Phi) is 4.26. The van der Waals surface area contributed by atoms with Crippen LogP contribution in [0, 0.1) is 5.82 Å². The smallest absolute Gasteiger partial charge is 0.316 e. The average molecular weight is 287 g/mol. The minimum Gasteiger partial charge on any atom is -0.460 e. The Morgan fingerprint density at radius 2 is 1.76 bits per heavy atom. The number of hydrogen-bond acceptors (Lipinski definition) is 3. The van der Waals surface area contributed by atoms with Gasteiger partial charge in [-0.2, -0.15) is 0 Å². The van der Waals surface area contributed by atoms with E-state index in [1.165, 1.54) is 6.07 Å². The van der Waals surface area contributed by atoms with Crippen LogP contribution in [0.1, 0.15) is 25.0 Å². The topological polar surface area (TPSA) is 52.3 Å². The highest BCUT2D eigenvalue weighted by Crippen LogP contribution is 2.26. The molecule has 3 nitrogen and oxygen atoms in total. The van der Waals surface area contributed by atoms with Gasteiger partial charge in [-0.05, 0) is 37.6 Å². The summed E-state index contributed by atoms with van der Waals surface area (Å²) in [5.74, 6) is -0.786. The van der Waals surface area contributed by atoms with Gasteiger partial charge in [0, 0.05) is 11.3 Å². The minimum absolute atomic E-state index is 0.0795. The first-order chi connectivity index (χ1) is 9.91. The molecule has 2 aromatic carbocycles. The Bertz CT molecular complexity index is 635. The summed E-state index contributed by atoms with van der Waals surface area (Å²) in [6, 6.07) is 13.3. The molecule has 0 fully saturated rings. The fraction of sp³-hybridized carbons (Fsp3) is 0.235. The van der Waals surface area contributed by atoms with Gasteiger partial charge < -0.3 is 10.5 Å². The van der Waals surface area contributed by atoms with Crippen molar-refractivity contribution in [3.8, 4) is 0 Å². The van der Waals surface area contributed by atoms with Crippen LogP contribution in [0.3, 0.4) is 0 Å². The lowest BCUT2D eigenvalue weighted by Gasteiger charge is -2.23. The van der Waals surface area contributed by atoms with E-state index >= 15 is 0 Å². The van der Waals surface area contributed by atoms with Gasteiger partial charge in [-0.3, -0.25) is 4.79 Å². The van der Waals surface area contributed by atoms with Gasteiger partial charge in [0.15, 0.2) is 0 Å². The molecule has 110 valence electrons. The zero-order valence-corrected chi connectivity index (χ0v) is 12.1. The van der Waals surface area contributed by atoms with Crippen LogP contribution in [-0.2, 0) is 21.6 Å². The van der Waals surface area contributed by atoms with E-state index < -0.39 is 11.4 Å². The molecule has 0 spiro atoms. The molecule has 0 unspecified atom stereocenters. The molecule has 0 amide bonds. The number of esters is 1. The van der Waals surface area contributed by atoms with Crippen molar-refractivity contribution in [1.82, 2.24) is 0 Å². The summed E-state index contributed by atoms with van der Waals surface area (Å²) in [5, 5.41) is 0. The molecular weight excluding hydrogens is 269 g/mol. The lowest BCUT2D eigenvalue weighted by molar-refractivity contribution is -0.150. The molecule has 0 aliphatic rings. The predicted molar refractivity (Wildman–Crippen MR) is 80.1 cm³/mol. The second-order valence-electron chi connectivity index (χ2n) is 5.41. The monoisotopic (exact) mass is 287 g/mol. The summed E-state index contributed by atoms with van der Waals surface area (Å²) in [7, 11) is 0. The minimum atomic E-state index is -0.820. The third-order valence-corrected chi connectivity index (χ3v) is 3.46. The van der Waals surface area contributed by atoms with Gasteiger partial charge in [0.2, 0.25) is 0 Å². The van der Waals surface area contributed by atoms with Gasteiger partial charge in [-0.15, -0.1) is 0 Å². The molecule has 0 bridgehead atoms. The SMILES string of the molecule is CC(C)(C(=O)OCc1ccccc1F)c1ccc(N)cc1. The van der Waals surface area contributed by atoms with Crippen molar-refractivity contribution in [3.05, 3.63) is 65.5 Å². The summed E-state index contributed by atoms with van der Waals surface area (Å²) in [6.45, 7) is 3.45. The molecule has 0 saturated carbocycles. The molecule has 2 aromatic rings. The number of ether oxygens (including phenoxy) is 1. The number of halogens is 1. The number of nitrogen functional groups attached to an aromatic ring is 1. The van der Waals surface area contributed by atoms with Gasteiger partial charge in [0.25, 0.3) is 0 Å². The van der Waals surface area contributed by atoms with E-state index in [0.717, 1.165) is 5.56 Å². The van der Waals surface area contributed by atoms with Gasteiger partial charge in [0.05, 0.1) is 5.41 Å². The van der Waals surface area contributed by atoms with E-state index in [4.69, 9.17) is 10.5 Å². The third-order valence-electron chi connectivity index (χ3n) is 3.46. The number of anilines is 1. The molecule has 21 heavy (non-hydrogen) atoms. The molecule has 2 N–H and O–H groups in total. The van der Waals surface area contributed by atoms with Crippen molar-refractivity contribution in [2.45, 2.75) is 25.9 Å². The fourth-order valence-electron chi connectivity index (χ4n) is 1.96. The Balaban J connectivity index is 2.08. The maximum atomic E-state index is 13.5. The molecule has 0 aromatic heterocycles. The molecule has 4 heteroatoms. The van der Waals surface area contributed by atoms with E-state index in [-0.39, 0.29) is 12.4 Å². The second kappa shape index (κ2) is 5.95. The predicted octanol–water partition coefficient (Wildman–Crippen LogP) is 3.43. The Morgan fingerprint density at radius 1 is 1.14 bits per heavy atom. The lowest BCUT2D eigenvalue weighted by atomic mass is 9.84. The first-order valence-corrected chi connectivity index (χ1v) is 6.68. The van der Waals surface area contributed by atoms with Gasteiger partial charge in [0.1, 0.15) is 12.4 Å². The quantitative estimate of drug-likeness (QED) is 0.692. The lowest BCUT2D eigenvalue weighted by Crippen LogP contribution is -2.31. The number of hydrogen-bond donors (Lipinski definition) is 1. The van der Waals surface area contributed by atoms with Gasteiger partial charge in [-0.1, -0.05) is 30.3 Å². The fourth-order valence-corrected chi connectivity index (χ4v) is 1.96. The molecule has 0 saturated heterocycles. The van der Waals surface area contributed by atoms with Crippen LogP contribution in [0.4, 0.5) is 10.1 Å². The first-order valence-electron chi connectivity index (χ1n) is 6.68. The maximum absolute atomic E-state index is 13.5. The van der Waals surface area contributed by atoms with Crippen LogP contribution in [0.5, 0.6) is 0 Å². The van der Waals surface area contributed by atoms with E-state index in [1.807, 2.05) is 0 Å². The van der Waals surface area contributed by atoms with Gasteiger partial charge >= 0.3 is 5.97 Å². The van der Waals surface area contributed by atoms with Crippen molar-refractivity contribution >= 4 is 11.7 Å². The van der Waals surface area contributed by atoms with Crippen LogP contribution < -0.4 is 5.73 Å². The number of carbonyl (C=O) groups is 1. The molecule has 2 rings (SSSR count). The van der Waals surface area contributed by atoms with Crippen LogP contribution in [-0.4, -0.2) is 5.97 Å². The summed E-state index contributed by atoms with van der Waals surface area (Å²) in [4.78, 5) is 12.3. The van der Waals surface area contributed by atoms with Crippen LogP contribution >= 0.6 is 0 Å². The molecule has 0 radical (unpaired) electrons. The van der Waals surface area contributed by atoms with Gasteiger partial charge in [-0.25, -0.2) is 4.39 Å². The van der Waals surface area contributed by atoms with Crippen molar-refractivity contribution < 1.29 is 13.9 Å². The summed E-state index contributed by atoms with van der Waals surface area (Å²) in [5.41, 5.74) is 6.61. The standard InChI is InChI=1S/C17H18FNO2/c1-17(2,13-7-9-14(19)10-8-13)16(20)21-11-12-5-3-4-6-15(12)18/h3-10H,11,19H2,1-2H3. The Labute approximate surface area is 123 Å². The summed E-state index contributed by atoms with van der Waals surface area (Å²) < 4.78 is 18.7. The summed E-state index contributed by atoms with van der Waals surface area (Å²) >= 11 is 0. The second-order valence-corrected chi connectivity index (χ2v) is 5.41. The highest BCUT2D eigenvalue weighted by molar-refractivity contribution is 5.82. The highest BCUT2D eigenvalue weighted by atomic mass is 19.1. The molecule has 0 atom stereocenters. The zero-order chi connectivity index (χ0) is 15.5.